The zero-order valence-electron chi connectivity index (χ0n) is 16.7. The van der Waals surface area contributed by atoms with Gasteiger partial charge in [0.2, 0.25) is 0 Å². The molecule has 7 heteroatoms. The molecule has 156 valence electrons. The van der Waals surface area contributed by atoms with Crippen LogP contribution in [0.15, 0.2) is 29.3 Å². The normalized spacial score (nSPS) is 21.6. The Morgan fingerprint density at radius 2 is 2.14 bits per heavy atom. The van der Waals surface area contributed by atoms with E-state index in [0.29, 0.717) is 25.0 Å². The highest BCUT2D eigenvalue weighted by molar-refractivity contribution is 5.79. The van der Waals surface area contributed by atoms with Crippen molar-refractivity contribution in [3.63, 3.8) is 0 Å². The Hall–Kier alpha value is -1.86. The molecule has 0 amide bonds. The van der Waals surface area contributed by atoms with Gasteiger partial charge in [0.25, 0.3) is 0 Å². The van der Waals surface area contributed by atoms with E-state index in [1.165, 1.54) is 25.0 Å². The Morgan fingerprint density at radius 3 is 2.86 bits per heavy atom. The number of halogens is 1. The van der Waals surface area contributed by atoms with Crippen LogP contribution in [0.25, 0.3) is 0 Å². The molecule has 28 heavy (non-hydrogen) atoms. The topological polar surface area (TPSA) is 55.3 Å². The first-order valence-electron chi connectivity index (χ1n) is 10.3. The SMILES string of the molecule is CN=C(NCCOc1cccc(F)c1)N1CCC(OCC2CCCCO2)CC1. The number of likely N-dealkylation sites (tertiary alicyclic amines) is 1. The maximum atomic E-state index is 13.2. The van der Waals surface area contributed by atoms with Crippen molar-refractivity contribution in [1.29, 1.82) is 0 Å². The number of nitrogens with one attached hydrogen (secondary N) is 1. The van der Waals surface area contributed by atoms with Crippen LogP contribution in [0.4, 0.5) is 4.39 Å². The average Bonchev–Trinajstić information content (AvgIpc) is 2.74. The van der Waals surface area contributed by atoms with Crippen LogP contribution < -0.4 is 10.1 Å². The standard InChI is InChI=1S/C21H32FN3O3/c1-23-21(24-10-14-27-19-7-4-5-17(22)15-19)25-11-8-18(9-12-25)28-16-20-6-2-3-13-26-20/h4-5,7,15,18,20H,2-3,6,8-14,16H2,1H3,(H,23,24). The number of ether oxygens (including phenoxy) is 3. The van der Waals surface area contributed by atoms with Crippen LogP contribution in [0.2, 0.25) is 0 Å². The first kappa shape index (κ1) is 20.9. The summed E-state index contributed by atoms with van der Waals surface area (Å²) in [5.41, 5.74) is 0. The molecular formula is C21H32FN3O3. The molecule has 1 aromatic rings. The van der Waals surface area contributed by atoms with Crippen LogP contribution in [0.3, 0.4) is 0 Å². The van der Waals surface area contributed by atoms with Gasteiger partial charge in [-0.15, -0.1) is 0 Å². The van der Waals surface area contributed by atoms with Gasteiger partial charge in [0, 0.05) is 32.8 Å². The lowest BCUT2D eigenvalue weighted by atomic mass is 10.1. The van der Waals surface area contributed by atoms with Gasteiger partial charge in [0.1, 0.15) is 18.2 Å². The number of rotatable bonds is 7. The molecule has 0 radical (unpaired) electrons. The molecular weight excluding hydrogens is 361 g/mol. The van der Waals surface area contributed by atoms with E-state index < -0.39 is 0 Å². The van der Waals surface area contributed by atoms with Crippen LogP contribution in [0.1, 0.15) is 32.1 Å². The number of hydrogen-bond donors (Lipinski definition) is 1. The summed E-state index contributed by atoms with van der Waals surface area (Å²) < 4.78 is 30.5. The molecule has 0 saturated carbocycles. The van der Waals surface area contributed by atoms with Crippen LogP contribution in [0.5, 0.6) is 5.75 Å². The molecule has 0 bridgehead atoms. The van der Waals surface area contributed by atoms with Gasteiger partial charge >= 0.3 is 0 Å². The van der Waals surface area contributed by atoms with E-state index in [4.69, 9.17) is 14.2 Å². The van der Waals surface area contributed by atoms with Gasteiger partial charge in [-0.1, -0.05) is 6.07 Å². The molecule has 3 rings (SSSR count). The summed E-state index contributed by atoms with van der Waals surface area (Å²) >= 11 is 0. The Kier molecular flexibility index (Phi) is 8.36. The molecule has 2 aliphatic heterocycles. The van der Waals surface area contributed by atoms with Crippen molar-refractivity contribution >= 4 is 5.96 Å². The van der Waals surface area contributed by atoms with E-state index in [2.05, 4.69) is 15.2 Å². The molecule has 2 saturated heterocycles. The van der Waals surface area contributed by atoms with Crippen molar-refractivity contribution in [2.75, 3.05) is 46.5 Å². The van der Waals surface area contributed by atoms with E-state index in [1.54, 1.807) is 19.2 Å². The van der Waals surface area contributed by atoms with Crippen LogP contribution >= 0.6 is 0 Å². The smallest absolute Gasteiger partial charge is 0.193 e. The molecule has 2 aliphatic rings. The van der Waals surface area contributed by atoms with Gasteiger partial charge in [-0.2, -0.15) is 0 Å². The van der Waals surface area contributed by atoms with Gasteiger partial charge in [0.15, 0.2) is 5.96 Å². The molecule has 0 spiro atoms. The van der Waals surface area contributed by atoms with Gasteiger partial charge < -0.3 is 24.4 Å². The zero-order valence-corrected chi connectivity index (χ0v) is 16.7. The minimum Gasteiger partial charge on any atom is -0.492 e. The fraction of sp³-hybridized carbons (Fsp3) is 0.667. The maximum Gasteiger partial charge on any atom is 0.193 e. The van der Waals surface area contributed by atoms with Crippen LogP contribution in [0, 0.1) is 5.82 Å². The molecule has 2 fully saturated rings. The Labute approximate surface area is 167 Å². The predicted molar refractivity (Wildman–Crippen MR) is 107 cm³/mol. The van der Waals surface area contributed by atoms with Gasteiger partial charge in [-0.05, 0) is 44.2 Å². The lowest BCUT2D eigenvalue weighted by molar-refractivity contribution is -0.0721. The summed E-state index contributed by atoms with van der Waals surface area (Å²) in [7, 11) is 1.79. The molecule has 1 N–H and O–H groups in total. The lowest BCUT2D eigenvalue weighted by Gasteiger charge is -2.35. The minimum absolute atomic E-state index is 0.277. The highest BCUT2D eigenvalue weighted by atomic mass is 19.1. The van der Waals surface area contributed by atoms with E-state index >= 15 is 0 Å². The fourth-order valence-electron chi connectivity index (χ4n) is 3.64. The third kappa shape index (κ3) is 6.63. The summed E-state index contributed by atoms with van der Waals surface area (Å²) in [5, 5.41) is 3.32. The lowest BCUT2D eigenvalue weighted by Crippen LogP contribution is -2.48. The predicted octanol–water partition coefficient (Wildman–Crippen LogP) is 2.83. The number of guanidine groups is 1. The third-order valence-electron chi connectivity index (χ3n) is 5.20. The second-order valence-corrected chi connectivity index (χ2v) is 7.29. The Morgan fingerprint density at radius 1 is 1.29 bits per heavy atom. The van der Waals surface area contributed by atoms with E-state index in [0.717, 1.165) is 51.5 Å². The van der Waals surface area contributed by atoms with Crippen molar-refractivity contribution in [2.45, 2.75) is 44.3 Å². The molecule has 0 aromatic heterocycles. The van der Waals surface area contributed by atoms with Crippen molar-refractivity contribution in [1.82, 2.24) is 10.2 Å². The fourth-order valence-corrected chi connectivity index (χ4v) is 3.64. The first-order chi connectivity index (χ1) is 13.7. The molecule has 0 aliphatic carbocycles. The van der Waals surface area contributed by atoms with Crippen molar-refractivity contribution in [3.05, 3.63) is 30.1 Å². The molecule has 1 aromatic carbocycles. The van der Waals surface area contributed by atoms with E-state index in [9.17, 15) is 4.39 Å². The van der Waals surface area contributed by atoms with Crippen LogP contribution in [-0.2, 0) is 9.47 Å². The summed E-state index contributed by atoms with van der Waals surface area (Å²) in [6.07, 6.45) is 6.11. The molecule has 1 unspecified atom stereocenters. The van der Waals surface area contributed by atoms with Gasteiger partial charge in [-0.25, -0.2) is 4.39 Å². The highest BCUT2D eigenvalue weighted by Gasteiger charge is 2.23. The van der Waals surface area contributed by atoms with E-state index in [1.807, 2.05) is 0 Å². The first-order valence-corrected chi connectivity index (χ1v) is 10.3. The Balaban J connectivity index is 1.32. The summed E-state index contributed by atoms with van der Waals surface area (Å²) in [5.74, 6) is 1.12. The molecule has 1 atom stereocenters. The van der Waals surface area contributed by atoms with Crippen molar-refractivity contribution in [2.24, 2.45) is 4.99 Å². The highest BCUT2D eigenvalue weighted by Crippen LogP contribution is 2.18. The number of hydrogen-bond acceptors (Lipinski definition) is 4. The number of nitrogens with zero attached hydrogens (tertiary/aromatic N) is 2. The van der Waals surface area contributed by atoms with Gasteiger partial charge in [-0.3, -0.25) is 4.99 Å². The third-order valence-corrected chi connectivity index (χ3v) is 5.20. The zero-order chi connectivity index (χ0) is 19.6. The molecule has 2 heterocycles. The summed E-state index contributed by atoms with van der Waals surface area (Å²) in [6.45, 7) is 4.48. The summed E-state index contributed by atoms with van der Waals surface area (Å²) in [4.78, 5) is 6.62. The monoisotopic (exact) mass is 393 g/mol. The van der Waals surface area contributed by atoms with Crippen LogP contribution in [-0.4, -0.2) is 69.6 Å². The minimum atomic E-state index is -0.290. The molecule has 6 nitrogen and oxygen atoms in total. The second-order valence-electron chi connectivity index (χ2n) is 7.29. The number of aliphatic imine (C=N–C) groups is 1. The largest absolute Gasteiger partial charge is 0.492 e. The maximum absolute atomic E-state index is 13.2. The number of benzene rings is 1. The average molecular weight is 394 g/mol. The number of piperidine rings is 1. The quantitative estimate of drug-likeness (QED) is 0.439. The van der Waals surface area contributed by atoms with E-state index in [-0.39, 0.29) is 11.9 Å². The Bertz CT molecular complexity index is 615. The van der Waals surface area contributed by atoms with Gasteiger partial charge in [0.05, 0.1) is 25.4 Å². The van der Waals surface area contributed by atoms with Crippen molar-refractivity contribution < 1.29 is 18.6 Å². The second kappa shape index (κ2) is 11.2. The van der Waals surface area contributed by atoms with Crippen molar-refractivity contribution in [3.8, 4) is 5.75 Å². The summed E-state index contributed by atoms with van der Waals surface area (Å²) in [6, 6.07) is 6.19.